The van der Waals surface area contributed by atoms with Gasteiger partial charge >= 0.3 is 12.0 Å². The van der Waals surface area contributed by atoms with Crippen molar-refractivity contribution in [2.45, 2.75) is 38.3 Å². The quantitative estimate of drug-likeness (QED) is 0.752. The summed E-state index contributed by atoms with van der Waals surface area (Å²) >= 11 is 0. The molecule has 1 atom stereocenters. The fourth-order valence-corrected chi connectivity index (χ4v) is 2.84. The monoisotopic (exact) mass is 299 g/mol. The first-order valence-electron chi connectivity index (χ1n) is 7.53. The highest BCUT2D eigenvalue weighted by Gasteiger charge is 2.33. The summed E-state index contributed by atoms with van der Waals surface area (Å²) in [5.41, 5.74) is -0.660. The van der Waals surface area contributed by atoms with Crippen LogP contribution in [0.15, 0.2) is 0 Å². The van der Waals surface area contributed by atoms with Gasteiger partial charge in [0.1, 0.15) is 6.04 Å². The lowest BCUT2D eigenvalue weighted by Gasteiger charge is -2.41. The summed E-state index contributed by atoms with van der Waals surface area (Å²) in [6.45, 7) is 6.94. The van der Waals surface area contributed by atoms with Gasteiger partial charge in [0.05, 0.1) is 5.60 Å². The predicted molar refractivity (Wildman–Crippen MR) is 77.1 cm³/mol. The Kier molecular flexibility index (Phi) is 4.73. The molecule has 2 saturated heterocycles. The van der Waals surface area contributed by atoms with Crippen molar-refractivity contribution in [1.82, 2.24) is 14.7 Å². The molecule has 7 nitrogen and oxygen atoms in total. The molecule has 1 unspecified atom stereocenters. The third-order valence-electron chi connectivity index (χ3n) is 4.60. The molecule has 0 spiro atoms. The highest BCUT2D eigenvalue weighted by Crippen LogP contribution is 2.22. The molecule has 2 fully saturated rings. The number of piperazine rings is 1. The Labute approximate surface area is 125 Å². The number of rotatable bonds is 2. The van der Waals surface area contributed by atoms with E-state index < -0.39 is 17.6 Å². The van der Waals surface area contributed by atoms with Crippen molar-refractivity contribution in [1.29, 1.82) is 0 Å². The zero-order valence-electron chi connectivity index (χ0n) is 12.8. The fourth-order valence-electron chi connectivity index (χ4n) is 2.84. The molecule has 2 heterocycles. The summed E-state index contributed by atoms with van der Waals surface area (Å²) in [7, 11) is 0. The van der Waals surface area contributed by atoms with Crippen LogP contribution in [0.1, 0.15) is 26.7 Å². The van der Waals surface area contributed by atoms with Gasteiger partial charge < -0.3 is 20.0 Å². The second-order valence-corrected chi connectivity index (χ2v) is 6.30. The van der Waals surface area contributed by atoms with Crippen LogP contribution < -0.4 is 0 Å². The Hall–Kier alpha value is -1.34. The number of piperidine rings is 1. The summed E-state index contributed by atoms with van der Waals surface area (Å²) in [5.74, 6) is -0.826. The summed E-state index contributed by atoms with van der Waals surface area (Å²) in [5, 5.41) is 18.9. The van der Waals surface area contributed by atoms with Crippen molar-refractivity contribution >= 4 is 12.0 Å². The molecule has 0 saturated carbocycles. The van der Waals surface area contributed by atoms with Crippen molar-refractivity contribution in [3.63, 3.8) is 0 Å². The van der Waals surface area contributed by atoms with Crippen LogP contribution in [0.4, 0.5) is 4.79 Å². The minimum Gasteiger partial charge on any atom is -0.480 e. The van der Waals surface area contributed by atoms with Crippen LogP contribution in [-0.4, -0.2) is 87.8 Å². The van der Waals surface area contributed by atoms with E-state index >= 15 is 0 Å². The lowest BCUT2D eigenvalue weighted by molar-refractivity contribution is -0.143. The average Bonchev–Trinajstić information content (AvgIpc) is 2.46. The van der Waals surface area contributed by atoms with Crippen molar-refractivity contribution in [3.8, 4) is 0 Å². The number of likely N-dealkylation sites (tertiary alicyclic amines) is 1. The van der Waals surface area contributed by atoms with Crippen molar-refractivity contribution in [2.24, 2.45) is 0 Å². The van der Waals surface area contributed by atoms with E-state index in [9.17, 15) is 14.7 Å². The van der Waals surface area contributed by atoms with Gasteiger partial charge in [-0.15, -0.1) is 0 Å². The second kappa shape index (κ2) is 6.19. The van der Waals surface area contributed by atoms with Gasteiger partial charge in [0.2, 0.25) is 0 Å². The van der Waals surface area contributed by atoms with Crippen molar-refractivity contribution in [3.05, 3.63) is 0 Å². The van der Waals surface area contributed by atoms with E-state index in [-0.39, 0.29) is 6.03 Å². The number of hydrogen-bond donors (Lipinski definition) is 2. The molecule has 0 aromatic heterocycles. The largest absolute Gasteiger partial charge is 0.480 e. The molecule has 2 rings (SSSR count). The van der Waals surface area contributed by atoms with E-state index in [2.05, 4.69) is 0 Å². The number of hydrogen-bond acceptors (Lipinski definition) is 4. The van der Waals surface area contributed by atoms with E-state index in [0.29, 0.717) is 52.1 Å². The molecular formula is C14H25N3O4. The predicted octanol–water partition coefficient (Wildman–Crippen LogP) is 0.0439. The van der Waals surface area contributed by atoms with E-state index in [1.165, 1.54) is 0 Å². The topological polar surface area (TPSA) is 84.3 Å². The number of carboxylic acids is 1. The van der Waals surface area contributed by atoms with Crippen LogP contribution in [0, 0.1) is 0 Å². The molecule has 21 heavy (non-hydrogen) atoms. The molecule has 0 bridgehead atoms. The fraction of sp³-hybridized carbons (Fsp3) is 0.857. The molecule has 0 aliphatic carbocycles. The molecule has 0 aromatic rings. The number of nitrogens with zero attached hydrogens (tertiary/aromatic N) is 3. The number of carbonyl (C=O) groups excluding carboxylic acids is 1. The Bertz CT molecular complexity index is 395. The SMILES string of the molecule is CC(C(=O)O)N1CCN(C(=O)N2CCC(C)(O)CC2)CC1. The van der Waals surface area contributed by atoms with E-state index in [1.807, 2.05) is 4.90 Å². The number of urea groups is 1. The van der Waals surface area contributed by atoms with Gasteiger partial charge in [0, 0.05) is 39.3 Å². The van der Waals surface area contributed by atoms with E-state index in [1.54, 1.807) is 23.6 Å². The number of carboxylic acid groups (broad SMARTS) is 1. The third kappa shape index (κ3) is 3.85. The van der Waals surface area contributed by atoms with Crippen LogP contribution >= 0.6 is 0 Å². The van der Waals surface area contributed by atoms with Gasteiger partial charge in [-0.1, -0.05) is 0 Å². The van der Waals surface area contributed by atoms with Gasteiger partial charge in [-0.05, 0) is 26.7 Å². The minimum absolute atomic E-state index is 0.00753. The highest BCUT2D eigenvalue weighted by molar-refractivity contribution is 5.75. The molecule has 0 radical (unpaired) electrons. The zero-order chi connectivity index (χ0) is 15.6. The molecule has 0 aromatic carbocycles. The third-order valence-corrected chi connectivity index (χ3v) is 4.60. The lowest BCUT2D eigenvalue weighted by atomic mass is 9.94. The van der Waals surface area contributed by atoms with Gasteiger partial charge in [-0.3, -0.25) is 9.69 Å². The molecular weight excluding hydrogens is 274 g/mol. The van der Waals surface area contributed by atoms with Crippen molar-refractivity contribution < 1.29 is 19.8 Å². The Morgan fingerprint density at radius 1 is 1.00 bits per heavy atom. The van der Waals surface area contributed by atoms with Crippen LogP contribution in [0.25, 0.3) is 0 Å². The summed E-state index contributed by atoms with van der Waals surface area (Å²) in [6, 6.07) is -0.500. The number of amides is 2. The second-order valence-electron chi connectivity index (χ2n) is 6.30. The maximum Gasteiger partial charge on any atom is 0.320 e. The van der Waals surface area contributed by atoms with E-state index in [4.69, 9.17) is 5.11 Å². The Balaban J connectivity index is 1.82. The van der Waals surface area contributed by atoms with Crippen LogP contribution in [0.2, 0.25) is 0 Å². The number of aliphatic carboxylic acids is 1. The minimum atomic E-state index is -0.826. The highest BCUT2D eigenvalue weighted by atomic mass is 16.4. The van der Waals surface area contributed by atoms with E-state index in [0.717, 1.165) is 0 Å². The Morgan fingerprint density at radius 2 is 1.48 bits per heavy atom. The first kappa shape index (κ1) is 16.0. The lowest BCUT2D eigenvalue weighted by Crippen LogP contribution is -2.57. The van der Waals surface area contributed by atoms with Gasteiger partial charge in [0.15, 0.2) is 0 Å². The molecule has 7 heteroatoms. The molecule has 120 valence electrons. The molecule has 2 aliphatic rings. The summed E-state index contributed by atoms with van der Waals surface area (Å²) in [4.78, 5) is 28.8. The van der Waals surface area contributed by atoms with Crippen LogP contribution in [0.3, 0.4) is 0 Å². The van der Waals surface area contributed by atoms with Gasteiger partial charge in [0.25, 0.3) is 0 Å². The van der Waals surface area contributed by atoms with Crippen LogP contribution in [-0.2, 0) is 4.79 Å². The Morgan fingerprint density at radius 3 is 1.95 bits per heavy atom. The maximum absolute atomic E-state index is 12.4. The first-order chi connectivity index (χ1) is 9.80. The summed E-state index contributed by atoms with van der Waals surface area (Å²) < 4.78 is 0. The average molecular weight is 299 g/mol. The zero-order valence-corrected chi connectivity index (χ0v) is 12.8. The van der Waals surface area contributed by atoms with Crippen LogP contribution in [0.5, 0.6) is 0 Å². The summed E-state index contributed by atoms with van der Waals surface area (Å²) in [6.07, 6.45) is 1.21. The molecule has 2 N–H and O–H groups in total. The number of aliphatic hydroxyl groups is 1. The smallest absolute Gasteiger partial charge is 0.320 e. The maximum atomic E-state index is 12.4. The standard InChI is InChI=1S/C14H25N3O4/c1-11(12(18)19)15-7-9-17(10-8-15)13(20)16-5-3-14(2,21)4-6-16/h11,21H,3-10H2,1-2H3,(H,18,19). The molecule has 2 aliphatic heterocycles. The first-order valence-corrected chi connectivity index (χ1v) is 7.53. The van der Waals surface area contributed by atoms with Gasteiger partial charge in [-0.25, -0.2) is 4.79 Å². The molecule has 2 amide bonds. The normalized spacial score (nSPS) is 24.7. The van der Waals surface area contributed by atoms with Gasteiger partial charge in [-0.2, -0.15) is 0 Å². The number of carbonyl (C=O) groups is 2. The van der Waals surface area contributed by atoms with Crippen molar-refractivity contribution in [2.75, 3.05) is 39.3 Å².